The second kappa shape index (κ2) is 5.21. The van der Waals surface area contributed by atoms with Gasteiger partial charge in [-0.3, -0.25) is 4.79 Å². The quantitative estimate of drug-likeness (QED) is 0.841. The predicted octanol–water partition coefficient (Wildman–Crippen LogP) is 4.09. The number of amides is 1. The number of hydrogen-bond acceptors (Lipinski definition) is 1. The van der Waals surface area contributed by atoms with Crippen molar-refractivity contribution in [1.29, 1.82) is 0 Å². The number of hydrogen-bond donors (Lipinski definition) is 1. The fourth-order valence-electron chi connectivity index (χ4n) is 2.98. The number of fused-ring (bicyclic) bond motifs is 1. The minimum atomic E-state index is 0.127. The summed E-state index contributed by atoms with van der Waals surface area (Å²) in [6.45, 7) is 8.41. The molecule has 0 spiro atoms. The number of H-pyrrole nitrogens is 1. The van der Waals surface area contributed by atoms with Gasteiger partial charge in [0.1, 0.15) is 5.69 Å². The third-order valence-corrected chi connectivity index (χ3v) is 4.36. The first-order chi connectivity index (χ1) is 9.95. The molecule has 112 valence electrons. The summed E-state index contributed by atoms with van der Waals surface area (Å²) in [5.41, 5.74) is 3.19. The van der Waals surface area contributed by atoms with E-state index in [0.29, 0.717) is 0 Å². The van der Waals surface area contributed by atoms with Gasteiger partial charge in [0, 0.05) is 24.0 Å². The van der Waals surface area contributed by atoms with Gasteiger partial charge in [0.25, 0.3) is 5.91 Å². The molecule has 0 radical (unpaired) electrons. The normalized spacial score (nSPS) is 16.4. The molecule has 1 aromatic carbocycles. The van der Waals surface area contributed by atoms with Gasteiger partial charge < -0.3 is 9.88 Å². The van der Waals surface area contributed by atoms with Crippen LogP contribution in [0.25, 0.3) is 10.9 Å². The van der Waals surface area contributed by atoms with Crippen LogP contribution in [0, 0.1) is 0 Å². The molecule has 0 aliphatic carbocycles. The van der Waals surface area contributed by atoms with E-state index in [9.17, 15) is 4.79 Å². The van der Waals surface area contributed by atoms with Crippen molar-refractivity contribution >= 4 is 16.8 Å². The highest BCUT2D eigenvalue weighted by atomic mass is 16.2. The van der Waals surface area contributed by atoms with Crippen molar-refractivity contribution in [2.45, 2.75) is 45.4 Å². The van der Waals surface area contributed by atoms with E-state index in [2.05, 4.69) is 44.0 Å². The van der Waals surface area contributed by atoms with Gasteiger partial charge in [-0.2, -0.15) is 0 Å². The number of nitrogens with one attached hydrogen (secondary N) is 1. The number of likely N-dealkylation sites (tertiary alicyclic amines) is 1. The lowest BCUT2D eigenvalue weighted by molar-refractivity contribution is 0.0719. The van der Waals surface area contributed by atoms with Crippen LogP contribution in [0.4, 0.5) is 0 Å². The maximum absolute atomic E-state index is 12.5. The van der Waals surface area contributed by atoms with Gasteiger partial charge in [0.05, 0.1) is 0 Å². The van der Waals surface area contributed by atoms with Gasteiger partial charge in [0.2, 0.25) is 0 Å². The monoisotopic (exact) mass is 284 g/mol. The summed E-state index contributed by atoms with van der Waals surface area (Å²) in [6, 6.07) is 8.43. The zero-order valence-electron chi connectivity index (χ0n) is 13.2. The molecule has 1 aliphatic rings. The largest absolute Gasteiger partial charge is 0.351 e. The smallest absolute Gasteiger partial charge is 0.270 e. The third-order valence-electron chi connectivity index (χ3n) is 4.36. The Morgan fingerprint density at radius 2 is 1.81 bits per heavy atom. The molecule has 3 rings (SSSR count). The van der Waals surface area contributed by atoms with Crippen LogP contribution in [0.2, 0.25) is 0 Å². The van der Waals surface area contributed by atoms with Crippen molar-refractivity contribution in [3.63, 3.8) is 0 Å². The first kappa shape index (κ1) is 14.2. The van der Waals surface area contributed by atoms with E-state index >= 15 is 0 Å². The van der Waals surface area contributed by atoms with Crippen LogP contribution >= 0.6 is 0 Å². The van der Waals surface area contributed by atoms with E-state index in [1.807, 2.05) is 11.0 Å². The Labute approximate surface area is 126 Å². The van der Waals surface area contributed by atoms with Gasteiger partial charge in [-0.25, -0.2) is 0 Å². The molecule has 3 nitrogen and oxygen atoms in total. The number of carbonyl (C=O) groups excluding carboxylic acids is 1. The van der Waals surface area contributed by atoms with Crippen molar-refractivity contribution < 1.29 is 4.79 Å². The number of aromatic nitrogens is 1. The van der Waals surface area contributed by atoms with Crippen molar-refractivity contribution in [2.24, 2.45) is 0 Å². The Kier molecular flexibility index (Phi) is 3.52. The average molecular weight is 284 g/mol. The van der Waals surface area contributed by atoms with E-state index in [4.69, 9.17) is 0 Å². The number of piperidine rings is 1. The maximum atomic E-state index is 12.5. The summed E-state index contributed by atoms with van der Waals surface area (Å²) in [7, 11) is 0. The standard InChI is InChI=1S/C18H24N2O/c1-18(2,3)14-7-8-15-13(11-14)12-16(19-15)17(21)20-9-5-4-6-10-20/h7-8,11-12,19H,4-6,9-10H2,1-3H3. The van der Waals surface area contributed by atoms with Crippen LogP contribution < -0.4 is 0 Å². The van der Waals surface area contributed by atoms with E-state index < -0.39 is 0 Å². The Morgan fingerprint density at radius 3 is 2.48 bits per heavy atom. The summed E-state index contributed by atoms with van der Waals surface area (Å²) in [5, 5.41) is 1.13. The molecular weight excluding hydrogens is 260 g/mol. The minimum Gasteiger partial charge on any atom is -0.351 e. The molecule has 2 aromatic rings. The summed E-state index contributed by atoms with van der Waals surface area (Å²) >= 11 is 0. The van der Waals surface area contributed by atoms with Crippen molar-refractivity contribution in [1.82, 2.24) is 9.88 Å². The summed E-state index contributed by atoms with van der Waals surface area (Å²) < 4.78 is 0. The topological polar surface area (TPSA) is 36.1 Å². The van der Waals surface area contributed by atoms with Crippen LogP contribution in [0.3, 0.4) is 0 Å². The number of nitrogens with zero attached hydrogens (tertiary/aromatic N) is 1. The van der Waals surface area contributed by atoms with Crippen LogP contribution in [0.5, 0.6) is 0 Å². The molecule has 0 bridgehead atoms. The first-order valence-electron chi connectivity index (χ1n) is 7.88. The summed E-state index contributed by atoms with van der Waals surface area (Å²) in [4.78, 5) is 17.8. The Balaban J connectivity index is 1.91. The highest BCUT2D eigenvalue weighted by molar-refractivity contribution is 5.98. The lowest BCUT2D eigenvalue weighted by atomic mass is 9.86. The van der Waals surface area contributed by atoms with Gasteiger partial charge in [-0.15, -0.1) is 0 Å². The van der Waals surface area contributed by atoms with Crippen LogP contribution in [-0.4, -0.2) is 28.9 Å². The Morgan fingerprint density at radius 1 is 1.10 bits per heavy atom. The van der Waals surface area contributed by atoms with E-state index in [-0.39, 0.29) is 11.3 Å². The van der Waals surface area contributed by atoms with Crippen LogP contribution in [-0.2, 0) is 5.41 Å². The SMILES string of the molecule is CC(C)(C)c1ccc2[nH]c(C(=O)N3CCCCC3)cc2c1. The molecule has 1 amide bonds. The molecule has 1 saturated heterocycles. The molecule has 1 N–H and O–H groups in total. The second-order valence-corrected chi connectivity index (χ2v) is 7.09. The second-order valence-electron chi connectivity index (χ2n) is 7.09. The zero-order valence-corrected chi connectivity index (χ0v) is 13.2. The van der Waals surface area contributed by atoms with Gasteiger partial charge in [0.15, 0.2) is 0 Å². The Hall–Kier alpha value is -1.77. The molecule has 0 saturated carbocycles. The molecule has 3 heteroatoms. The van der Waals surface area contributed by atoms with E-state index in [0.717, 1.165) is 42.5 Å². The lowest BCUT2D eigenvalue weighted by Crippen LogP contribution is -2.35. The molecule has 0 unspecified atom stereocenters. The number of benzene rings is 1. The lowest BCUT2D eigenvalue weighted by Gasteiger charge is -2.26. The van der Waals surface area contributed by atoms with Crippen molar-refractivity contribution in [2.75, 3.05) is 13.1 Å². The molecule has 2 heterocycles. The fourth-order valence-corrected chi connectivity index (χ4v) is 2.98. The molecular formula is C18H24N2O. The number of aromatic amines is 1. The summed E-state index contributed by atoms with van der Waals surface area (Å²) in [5.74, 6) is 0.142. The fraction of sp³-hybridized carbons (Fsp3) is 0.500. The zero-order chi connectivity index (χ0) is 15.0. The predicted molar refractivity (Wildman–Crippen MR) is 86.8 cm³/mol. The van der Waals surface area contributed by atoms with Crippen LogP contribution in [0.15, 0.2) is 24.3 Å². The first-order valence-corrected chi connectivity index (χ1v) is 7.88. The van der Waals surface area contributed by atoms with E-state index in [1.165, 1.54) is 12.0 Å². The van der Waals surface area contributed by atoms with Gasteiger partial charge >= 0.3 is 0 Å². The molecule has 0 atom stereocenters. The number of rotatable bonds is 1. The van der Waals surface area contributed by atoms with Crippen LogP contribution in [0.1, 0.15) is 56.1 Å². The number of carbonyl (C=O) groups is 1. The summed E-state index contributed by atoms with van der Waals surface area (Å²) in [6.07, 6.45) is 3.49. The molecule has 21 heavy (non-hydrogen) atoms. The van der Waals surface area contributed by atoms with Gasteiger partial charge in [-0.05, 0) is 48.4 Å². The minimum absolute atomic E-state index is 0.127. The molecule has 1 aliphatic heterocycles. The highest BCUT2D eigenvalue weighted by Gasteiger charge is 2.20. The molecule has 1 aromatic heterocycles. The van der Waals surface area contributed by atoms with Crippen molar-refractivity contribution in [3.8, 4) is 0 Å². The average Bonchev–Trinajstić information content (AvgIpc) is 2.89. The van der Waals surface area contributed by atoms with Gasteiger partial charge in [-0.1, -0.05) is 26.8 Å². The van der Waals surface area contributed by atoms with E-state index in [1.54, 1.807) is 0 Å². The maximum Gasteiger partial charge on any atom is 0.270 e. The highest BCUT2D eigenvalue weighted by Crippen LogP contribution is 2.27. The Bertz CT molecular complexity index is 657. The third kappa shape index (κ3) is 2.82. The van der Waals surface area contributed by atoms with Crippen molar-refractivity contribution in [3.05, 3.63) is 35.5 Å². The molecule has 1 fully saturated rings.